The molecule has 2 aromatic carbocycles. The third-order valence-electron chi connectivity index (χ3n) is 2.91. The summed E-state index contributed by atoms with van der Waals surface area (Å²) in [7, 11) is 0. The first-order valence-electron chi connectivity index (χ1n) is 5.70. The molecule has 21 heavy (non-hydrogen) atoms. The van der Waals surface area contributed by atoms with Crippen LogP contribution in [0.5, 0.6) is 0 Å². The molecule has 0 spiro atoms. The van der Waals surface area contributed by atoms with Crippen molar-refractivity contribution in [2.24, 2.45) is 0 Å². The molecule has 1 nitrogen and oxygen atoms in total. The van der Waals surface area contributed by atoms with E-state index in [1.54, 1.807) is 0 Å². The maximum absolute atomic E-state index is 13.5. The maximum atomic E-state index is 13.5. The molecule has 0 fully saturated rings. The Bertz CT molecular complexity index is 648. The Morgan fingerprint density at radius 3 is 1.90 bits per heavy atom. The van der Waals surface area contributed by atoms with Gasteiger partial charge in [0.1, 0.15) is 6.10 Å². The van der Waals surface area contributed by atoms with Gasteiger partial charge in [0, 0.05) is 5.56 Å². The minimum atomic E-state index is -4.54. The van der Waals surface area contributed by atoms with Gasteiger partial charge in [0.2, 0.25) is 0 Å². The van der Waals surface area contributed by atoms with Crippen molar-refractivity contribution in [2.45, 2.75) is 12.3 Å². The topological polar surface area (TPSA) is 20.2 Å². The highest BCUT2D eigenvalue weighted by Gasteiger charge is 2.30. The number of halogens is 6. The summed E-state index contributed by atoms with van der Waals surface area (Å²) >= 11 is 0. The molecule has 1 atom stereocenters. The molecule has 2 aromatic rings. The summed E-state index contributed by atoms with van der Waals surface area (Å²) < 4.78 is 76.6. The molecule has 7 heteroatoms. The molecule has 0 aromatic heterocycles. The van der Waals surface area contributed by atoms with Crippen LogP contribution in [0.2, 0.25) is 0 Å². The molecule has 112 valence electrons. The summed E-state index contributed by atoms with van der Waals surface area (Å²) in [6.07, 6.45) is -6.25. The quantitative estimate of drug-likeness (QED) is 0.651. The molecule has 1 unspecified atom stereocenters. The van der Waals surface area contributed by atoms with Crippen LogP contribution in [0, 0.1) is 17.5 Å². The second kappa shape index (κ2) is 5.40. The Labute approximate surface area is 115 Å². The molecule has 1 N–H and O–H groups in total. The van der Waals surface area contributed by atoms with Gasteiger partial charge in [0.05, 0.1) is 5.56 Å². The van der Waals surface area contributed by atoms with Crippen molar-refractivity contribution in [3.63, 3.8) is 0 Å². The molecule has 0 aliphatic heterocycles. The number of benzene rings is 2. The second-order valence-electron chi connectivity index (χ2n) is 4.29. The predicted octanol–water partition coefficient (Wildman–Crippen LogP) is 4.20. The Morgan fingerprint density at radius 2 is 1.38 bits per heavy atom. The van der Waals surface area contributed by atoms with Crippen molar-refractivity contribution in [3.05, 3.63) is 70.5 Å². The summed E-state index contributed by atoms with van der Waals surface area (Å²) in [5.74, 6) is -4.75. The molecule has 0 amide bonds. The first-order chi connectivity index (χ1) is 9.71. The Balaban J connectivity index is 2.37. The van der Waals surface area contributed by atoms with Crippen LogP contribution < -0.4 is 0 Å². The number of alkyl halides is 3. The van der Waals surface area contributed by atoms with E-state index < -0.39 is 40.9 Å². The Hall–Kier alpha value is -2.02. The van der Waals surface area contributed by atoms with E-state index in [0.29, 0.717) is 18.2 Å². The monoisotopic (exact) mass is 306 g/mol. The fourth-order valence-corrected chi connectivity index (χ4v) is 1.79. The van der Waals surface area contributed by atoms with Crippen LogP contribution >= 0.6 is 0 Å². The smallest absolute Gasteiger partial charge is 0.384 e. The lowest BCUT2D eigenvalue weighted by Crippen LogP contribution is -2.08. The van der Waals surface area contributed by atoms with Gasteiger partial charge in [-0.3, -0.25) is 0 Å². The summed E-state index contributed by atoms with van der Waals surface area (Å²) in [6, 6.07) is 4.74. The summed E-state index contributed by atoms with van der Waals surface area (Å²) in [6.45, 7) is 0. The molecule has 0 saturated heterocycles. The van der Waals surface area contributed by atoms with Gasteiger partial charge in [-0.1, -0.05) is 18.2 Å². The predicted molar refractivity (Wildman–Crippen MR) is 61.8 cm³/mol. The molecule has 2 rings (SSSR count). The van der Waals surface area contributed by atoms with Gasteiger partial charge in [-0.05, 0) is 23.8 Å². The van der Waals surface area contributed by atoms with E-state index in [2.05, 4.69) is 0 Å². The number of rotatable bonds is 2. The highest BCUT2D eigenvalue weighted by atomic mass is 19.4. The van der Waals surface area contributed by atoms with Gasteiger partial charge in [0.25, 0.3) is 0 Å². The van der Waals surface area contributed by atoms with Crippen molar-refractivity contribution in [3.8, 4) is 0 Å². The third-order valence-corrected chi connectivity index (χ3v) is 2.91. The van der Waals surface area contributed by atoms with Crippen molar-refractivity contribution in [2.75, 3.05) is 0 Å². The van der Waals surface area contributed by atoms with Crippen molar-refractivity contribution >= 4 is 0 Å². The van der Waals surface area contributed by atoms with E-state index >= 15 is 0 Å². The minimum absolute atomic E-state index is 0.0760. The van der Waals surface area contributed by atoms with Crippen LogP contribution in [-0.4, -0.2) is 5.11 Å². The van der Waals surface area contributed by atoms with Crippen LogP contribution in [0.25, 0.3) is 0 Å². The number of hydrogen-bond donors (Lipinski definition) is 1. The Kier molecular flexibility index (Phi) is 3.95. The third kappa shape index (κ3) is 3.02. The van der Waals surface area contributed by atoms with Gasteiger partial charge in [-0.2, -0.15) is 13.2 Å². The van der Waals surface area contributed by atoms with Crippen molar-refractivity contribution < 1.29 is 31.4 Å². The average molecular weight is 306 g/mol. The van der Waals surface area contributed by atoms with E-state index in [-0.39, 0.29) is 5.56 Å². The highest BCUT2D eigenvalue weighted by molar-refractivity contribution is 5.34. The fourth-order valence-electron chi connectivity index (χ4n) is 1.79. The maximum Gasteiger partial charge on any atom is 0.416 e. The number of aliphatic hydroxyl groups is 1. The van der Waals surface area contributed by atoms with Crippen molar-refractivity contribution in [1.82, 2.24) is 0 Å². The first-order valence-corrected chi connectivity index (χ1v) is 5.70. The zero-order valence-corrected chi connectivity index (χ0v) is 10.3. The van der Waals surface area contributed by atoms with E-state index in [4.69, 9.17) is 0 Å². The molecule has 0 radical (unpaired) electrons. The van der Waals surface area contributed by atoms with E-state index in [1.807, 2.05) is 0 Å². The second-order valence-corrected chi connectivity index (χ2v) is 4.29. The lowest BCUT2D eigenvalue weighted by atomic mass is 9.99. The molecule has 0 bridgehead atoms. The summed E-state index contributed by atoms with van der Waals surface area (Å²) in [5.41, 5.74) is -1.58. The zero-order valence-electron chi connectivity index (χ0n) is 10.3. The molecule has 0 aliphatic rings. The lowest BCUT2D eigenvalue weighted by Gasteiger charge is -2.14. The normalized spacial score (nSPS) is 13.3. The lowest BCUT2D eigenvalue weighted by molar-refractivity contribution is -0.137. The van der Waals surface area contributed by atoms with Crippen LogP contribution in [0.4, 0.5) is 26.3 Å². The van der Waals surface area contributed by atoms with Gasteiger partial charge in [0.15, 0.2) is 17.5 Å². The standard InChI is InChI=1S/C14H8F6O/c15-10-6-5-9(11(16)12(10)17)13(21)7-1-3-8(4-2-7)14(18,19)20/h1-6,13,21H. The SMILES string of the molecule is OC(c1ccc(C(F)(F)F)cc1)c1ccc(F)c(F)c1F. The summed E-state index contributed by atoms with van der Waals surface area (Å²) in [4.78, 5) is 0. The Morgan fingerprint density at radius 1 is 0.810 bits per heavy atom. The minimum Gasteiger partial charge on any atom is -0.384 e. The van der Waals surface area contributed by atoms with Crippen LogP contribution in [0.15, 0.2) is 36.4 Å². The van der Waals surface area contributed by atoms with Gasteiger partial charge in [-0.25, -0.2) is 13.2 Å². The first kappa shape index (κ1) is 15.4. The van der Waals surface area contributed by atoms with Crippen molar-refractivity contribution in [1.29, 1.82) is 0 Å². The molecule has 0 heterocycles. The van der Waals surface area contributed by atoms with Gasteiger partial charge >= 0.3 is 6.18 Å². The number of aliphatic hydroxyl groups excluding tert-OH is 1. The van der Waals surface area contributed by atoms with Gasteiger partial charge < -0.3 is 5.11 Å². The van der Waals surface area contributed by atoms with E-state index in [0.717, 1.165) is 18.2 Å². The zero-order chi connectivity index (χ0) is 15.8. The van der Waals surface area contributed by atoms with Crippen LogP contribution in [0.1, 0.15) is 22.8 Å². The largest absolute Gasteiger partial charge is 0.416 e. The number of hydrogen-bond acceptors (Lipinski definition) is 1. The van der Waals surface area contributed by atoms with E-state index in [9.17, 15) is 31.4 Å². The fraction of sp³-hybridized carbons (Fsp3) is 0.143. The van der Waals surface area contributed by atoms with Gasteiger partial charge in [-0.15, -0.1) is 0 Å². The molecular weight excluding hydrogens is 298 g/mol. The average Bonchev–Trinajstić information content (AvgIpc) is 2.43. The highest BCUT2D eigenvalue weighted by Crippen LogP contribution is 2.32. The molecule has 0 saturated carbocycles. The molecular formula is C14H8F6O. The van der Waals surface area contributed by atoms with Crippen LogP contribution in [0.3, 0.4) is 0 Å². The van der Waals surface area contributed by atoms with Crippen LogP contribution in [-0.2, 0) is 6.18 Å². The molecule has 0 aliphatic carbocycles. The van der Waals surface area contributed by atoms with E-state index in [1.165, 1.54) is 0 Å². The summed E-state index contributed by atoms with van der Waals surface area (Å²) in [5, 5.41) is 9.87.